The maximum atomic E-state index is 14.7. The molecule has 0 rings (SSSR count). The average Bonchev–Trinajstić information content (AvgIpc) is 3.08. The van der Waals surface area contributed by atoms with E-state index in [0.717, 1.165) is 0 Å². The minimum atomic E-state index is -9.14. The molecule has 406 valence electrons. The third-order valence-electron chi connectivity index (χ3n) is 9.22. The molecule has 40 heteroatoms. The summed E-state index contributed by atoms with van der Waals surface area (Å²) in [6, 6.07) is 0. The van der Waals surface area contributed by atoms with Crippen molar-refractivity contribution >= 4 is 57.1 Å². The molecule has 0 fully saturated rings. The van der Waals surface area contributed by atoms with Crippen LogP contribution in [0.3, 0.4) is 0 Å². The number of carbonyl (C=O) groups is 2. The number of alkyl halides is 36. The standard InChI is InChI=1S/C28H18F34I2O4/c29-13(30,15(33,34)17(37,38)19(41,42)21(45,46)23(49,50)25(53,54)27(57,58)59)6-8(63)4-12(11(67)68,3-1-2-10(65)66)5-9(64)7-14(31,32)16(35,36)18(39,40)20(43,44)22(47,48)24(51,52)26(55,56)28(60,61)62/h8-9H,1-7H2,(H,65,66)(H,67,68)/p-2. The predicted molar refractivity (Wildman–Crippen MR) is 162 cm³/mol. The maximum absolute atomic E-state index is 14.7. The van der Waals surface area contributed by atoms with E-state index in [9.17, 15) is 169 Å². The molecule has 0 aromatic heterocycles. The van der Waals surface area contributed by atoms with Crippen molar-refractivity contribution in [3.63, 3.8) is 0 Å². The number of aliphatic carboxylic acids is 2. The molecule has 0 saturated heterocycles. The fourth-order valence-corrected chi connectivity index (χ4v) is 8.12. The second kappa shape index (κ2) is 18.8. The van der Waals surface area contributed by atoms with E-state index in [2.05, 4.69) is 0 Å². The summed E-state index contributed by atoms with van der Waals surface area (Å²) < 4.78 is 459. The van der Waals surface area contributed by atoms with Gasteiger partial charge in [-0.25, -0.2) is 0 Å². The Labute approximate surface area is 379 Å². The summed E-state index contributed by atoms with van der Waals surface area (Å²) in [5, 5.41) is 23.0. The molecule has 0 aliphatic carbocycles. The quantitative estimate of drug-likeness (QED) is 0.0518. The lowest BCUT2D eigenvalue weighted by atomic mass is 9.73. The fraction of sp³-hybridized carbons (Fsp3) is 0.929. The first-order valence-corrected chi connectivity index (χ1v) is 18.7. The summed E-state index contributed by atoms with van der Waals surface area (Å²) in [6.07, 6.45) is -32.9. The zero-order valence-electron chi connectivity index (χ0n) is 30.8. The number of rotatable bonds is 25. The third-order valence-corrected chi connectivity index (χ3v) is 11.0. The smallest absolute Gasteiger partial charge is 0.460 e. The molecule has 0 heterocycles. The maximum Gasteiger partial charge on any atom is 0.460 e. The van der Waals surface area contributed by atoms with Crippen LogP contribution in [-0.2, 0) is 9.59 Å². The van der Waals surface area contributed by atoms with Crippen molar-refractivity contribution in [2.75, 3.05) is 0 Å². The molecule has 0 bridgehead atoms. The minimum Gasteiger partial charge on any atom is -0.550 e. The highest BCUT2D eigenvalue weighted by molar-refractivity contribution is 14.1. The van der Waals surface area contributed by atoms with Gasteiger partial charge in [0.1, 0.15) is 0 Å². The Morgan fingerprint density at radius 1 is 0.338 bits per heavy atom. The lowest BCUT2D eigenvalue weighted by Gasteiger charge is -2.44. The van der Waals surface area contributed by atoms with Crippen LogP contribution in [0, 0.1) is 5.41 Å². The normalized spacial score (nSPS) is 17.8. The van der Waals surface area contributed by atoms with Gasteiger partial charge in [-0.1, -0.05) is 45.2 Å². The number of carboxylic acid groups (broad SMARTS) is 2. The van der Waals surface area contributed by atoms with E-state index in [4.69, 9.17) is 0 Å². The van der Waals surface area contributed by atoms with Crippen LogP contribution in [0.25, 0.3) is 0 Å². The molecule has 0 amide bonds. The van der Waals surface area contributed by atoms with Gasteiger partial charge in [-0.05, 0) is 32.1 Å². The van der Waals surface area contributed by atoms with Gasteiger partial charge >= 0.3 is 95.3 Å². The van der Waals surface area contributed by atoms with Gasteiger partial charge in [0.15, 0.2) is 0 Å². The number of carbonyl (C=O) groups excluding carboxylic acids is 2. The van der Waals surface area contributed by atoms with E-state index in [1.165, 1.54) is 0 Å². The van der Waals surface area contributed by atoms with E-state index in [0.29, 0.717) is 0 Å². The molecular formula is C28H16F34I2O4-2. The second-order valence-electron chi connectivity index (χ2n) is 14.1. The summed E-state index contributed by atoms with van der Waals surface area (Å²) in [6.45, 7) is 0. The van der Waals surface area contributed by atoms with Crippen molar-refractivity contribution in [2.45, 2.75) is 148 Å². The van der Waals surface area contributed by atoms with E-state index in [1.54, 1.807) is 0 Å². The lowest BCUT2D eigenvalue weighted by molar-refractivity contribution is -0.461. The third kappa shape index (κ3) is 10.3. The van der Waals surface area contributed by atoms with Crippen molar-refractivity contribution in [1.29, 1.82) is 0 Å². The lowest BCUT2D eigenvalue weighted by Crippen LogP contribution is -2.74. The molecule has 2 unspecified atom stereocenters. The van der Waals surface area contributed by atoms with E-state index in [-0.39, 0.29) is 45.2 Å². The van der Waals surface area contributed by atoms with E-state index >= 15 is 0 Å². The zero-order chi connectivity index (χ0) is 55.8. The van der Waals surface area contributed by atoms with Crippen LogP contribution >= 0.6 is 45.2 Å². The van der Waals surface area contributed by atoms with Crippen molar-refractivity contribution in [3.8, 4) is 0 Å². The molecule has 0 saturated carbocycles. The highest BCUT2D eigenvalue weighted by atomic mass is 127. The minimum absolute atomic E-state index is 0.0918. The van der Waals surface area contributed by atoms with Gasteiger partial charge in [-0.3, -0.25) is 0 Å². The van der Waals surface area contributed by atoms with Crippen LogP contribution in [0.15, 0.2) is 0 Å². The number of hydrogen-bond donors (Lipinski definition) is 0. The SMILES string of the molecule is O=C([O-])CCCC(CC(I)CC(F)(F)C(F)(F)C(F)(F)C(F)(F)C(F)(F)C(F)(F)C(F)(F)C(F)(F)F)(CC(I)CC(F)(F)C(F)(F)C(F)(F)C(F)(F)C(F)(F)C(F)(F)C(F)(F)C(F)(F)F)C(=O)[O-]. The summed E-state index contributed by atoms with van der Waals surface area (Å²) in [5.41, 5.74) is -3.83. The topological polar surface area (TPSA) is 80.3 Å². The molecule has 0 aliphatic heterocycles. The first-order chi connectivity index (χ1) is 29.1. The fourth-order valence-electron chi connectivity index (χ4n) is 5.33. The first-order valence-electron chi connectivity index (χ1n) is 16.2. The highest BCUT2D eigenvalue weighted by Crippen LogP contribution is 2.67. The Kier molecular flexibility index (Phi) is 18.3. The van der Waals surface area contributed by atoms with E-state index < -0.39 is 165 Å². The molecule has 0 radical (unpaired) electrons. The summed E-state index contributed by atoms with van der Waals surface area (Å²) >= 11 is 0.184. The average molecular weight is 1320 g/mol. The first kappa shape index (κ1) is 66.0. The van der Waals surface area contributed by atoms with Gasteiger partial charge in [-0.15, -0.1) is 0 Å². The predicted octanol–water partition coefficient (Wildman–Crippen LogP) is 11.8. The largest absolute Gasteiger partial charge is 0.550 e. The van der Waals surface area contributed by atoms with Crippen LogP contribution in [0.4, 0.5) is 149 Å². The van der Waals surface area contributed by atoms with Gasteiger partial charge in [0.05, 0.1) is 0 Å². The Morgan fingerprint density at radius 3 is 0.735 bits per heavy atom. The molecule has 4 nitrogen and oxygen atoms in total. The Bertz CT molecular complexity index is 1680. The van der Waals surface area contributed by atoms with Crippen molar-refractivity contribution < 1.29 is 169 Å². The molecular weight excluding hydrogens is 1300 g/mol. The van der Waals surface area contributed by atoms with Crippen molar-refractivity contribution in [3.05, 3.63) is 0 Å². The monoisotopic (exact) mass is 1320 g/mol. The second-order valence-corrected chi connectivity index (χ2v) is 17.6. The molecule has 2 atom stereocenters. The van der Waals surface area contributed by atoms with Crippen LogP contribution in [0.1, 0.15) is 44.9 Å². The van der Waals surface area contributed by atoms with Gasteiger partial charge in [0.2, 0.25) is 0 Å². The molecule has 68 heavy (non-hydrogen) atoms. The van der Waals surface area contributed by atoms with Gasteiger partial charge < -0.3 is 19.8 Å². The molecule has 0 spiro atoms. The number of halogens is 36. The summed E-state index contributed by atoms with van der Waals surface area (Å²) in [4.78, 5) is 23.0. The van der Waals surface area contributed by atoms with Crippen LogP contribution in [0.2, 0.25) is 0 Å². The van der Waals surface area contributed by atoms with Crippen LogP contribution in [-0.4, -0.2) is 115 Å². The van der Waals surface area contributed by atoms with Gasteiger partial charge in [0, 0.05) is 38.0 Å². The Balaban J connectivity index is 7.33. The van der Waals surface area contributed by atoms with Crippen molar-refractivity contribution in [1.82, 2.24) is 0 Å². The zero-order valence-corrected chi connectivity index (χ0v) is 35.2. The molecule has 0 N–H and O–H groups in total. The van der Waals surface area contributed by atoms with Crippen LogP contribution < -0.4 is 10.2 Å². The summed E-state index contributed by atoms with van der Waals surface area (Å²) in [7, 11) is 0. The van der Waals surface area contributed by atoms with Gasteiger partial charge in [0.25, 0.3) is 0 Å². The Morgan fingerprint density at radius 2 is 0.544 bits per heavy atom. The number of hydrogen-bond acceptors (Lipinski definition) is 4. The Hall–Kier alpha value is -1.98. The van der Waals surface area contributed by atoms with E-state index in [1.807, 2.05) is 0 Å². The van der Waals surface area contributed by atoms with Gasteiger partial charge in [-0.2, -0.15) is 149 Å². The summed E-state index contributed by atoms with van der Waals surface area (Å²) in [5.74, 6) is -127. The number of carboxylic acids is 2. The molecule has 0 aliphatic rings. The van der Waals surface area contributed by atoms with Crippen molar-refractivity contribution in [2.24, 2.45) is 5.41 Å². The highest BCUT2D eigenvalue weighted by Gasteiger charge is 2.97. The molecule has 0 aromatic carbocycles. The van der Waals surface area contributed by atoms with Crippen LogP contribution in [0.5, 0.6) is 0 Å². The molecule has 0 aromatic rings.